The van der Waals surface area contributed by atoms with Crippen molar-refractivity contribution in [2.24, 2.45) is 0 Å². The lowest BCUT2D eigenvalue weighted by molar-refractivity contribution is -0.689. The highest BCUT2D eigenvalue weighted by Gasteiger charge is 2.53. The lowest BCUT2D eigenvalue weighted by atomic mass is 10.0. The molecule has 3 N–H and O–H groups in total. The van der Waals surface area contributed by atoms with Crippen molar-refractivity contribution in [3.8, 4) is 5.75 Å². The molecule has 3 amide bonds. The third-order valence-electron chi connectivity index (χ3n) is 6.15. The van der Waals surface area contributed by atoms with E-state index in [-0.39, 0.29) is 37.3 Å². The fraction of sp³-hybridized carbons (Fsp3) is 0.308. The summed E-state index contributed by atoms with van der Waals surface area (Å²) in [4.78, 5) is 61.9. The van der Waals surface area contributed by atoms with Gasteiger partial charge in [0, 0.05) is 29.9 Å². The maximum Gasteiger partial charge on any atom is 0.413 e. The number of para-hydroxylation sites is 1. The van der Waals surface area contributed by atoms with Crippen molar-refractivity contribution in [2.75, 3.05) is 5.75 Å². The molecule has 0 aliphatic carbocycles. The Labute approximate surface area is 227 Å². The Balaban J connectivity index is 1.28. The zero-order valence-corrected chi connectivity index (χ0v) is 21.5. The monoisotopic (exact) mass is 554 g/mol. The molecule has 12 nitrogen and oxygen atoms in total. The van der Waals surface area contributed by atoms with Gasteiger partial charge in [-0.1, -0.05) is 24.3 Å². The molecule has 204 valence electrons. The summed E-state index contributed by atoms with van der Waals surface area (Å²) in [6.07, 6.45) is 2.60. The van der Waals surface area contributed by atoms with Crippen LogP contribution in [0.5, 0.6) is 5.75 Å². The summed E-state index contributed by atoms with van der Waals surface area (Å²) < 4.78 is 6.83. The van der Waals surface area contributed by atoms with Gasteiger partial charge in [-0.15, -0.1) is 11.8 Å². The second-order valence-electron chi connectivity index (χ2n) is 8.87. The minimum absolute atomic E-state index is 0.0480. The molecule has 0 spiro atoms. The molecule has 39 heavy (non-hydrogen) atoms. The van der Waals surface area contributed by atoms with E-state index in [9.17, 15) is 34.2 Å². The first kappa shape index (κ1) is 27.6. The number of amides is 3. The molecule has 0 radical (unpaired) electrons. The Hall–Kier alpha value is -4.39. The van der Waals surface area contributed by atoms with Gasteiger partial charge in [0.25, 0.3) is 5.91 Å². The number of rotatable bonds is 11. The van der Waals surface area contributed by atoms with Gasteiger partial charge in [-0.05, 0) is 25.0 Å². The van der Waals surface area contributed by atoms with Crippen molar-refractivity contribution in [3.63, 3.8) is 0 Å². The van der Waals surface area contributed by atoms with E-state index >= 15 is 0 Å². The van der Waals surface area contributed by atoms with Crippen molar-refractivity contribution in [1.82, 2.24) is 15.5 Å². The normalized spacial score (nSPS) is 18.9. The number of carboxylic acid groups (broad SMARTS) is 2. The summed E-state index contributed by atoms with van der Waals surface area (Å²) in [7, 11) is 0. The van der Waals surface area contributed by atoms with Crippen molar-refractivity contribution in [3.05, 3.63) is 72.2 Å². The molecule has 13 heteroatoms. The van der Waals surface area contributed by atoms with E-state index in [0.717, 1.165) is 4.90 Å². The summed E-state index contributed by atoms with van der Waals surface area (Å²) in [5.41, 5.74) is 0.354. The van der Waals surface area contributed by atoms with Crippen LogP contribution in [0.15, 0.2) is 72.2 Å². The van der Waals surface area contributed by atoms with E-state index in [4.69, 9.17) is 4.74 Å². The summed E-state index contributed by atoms with van der Waals surface area (Å²) in [6, 6.07) is 11.4. The summed E-state index contributed by atoms with van der Waals surface area (Å²) >= 11 is 1.34. The molecule has 4 rings (SSSR count). The van der Waals surface area contributed by atoms with Crippen molar-refractivity contribution < 1.29 is 43.5 Å². The van der Waals surface area contributed by atoms with Gasteiger partial charge in [0.2, 0.25) is 5.91 Å². The molecular weight excluding hydrogens is 528 g/mol. The number of benzene rings is 1. The van der Waals surface area contributed by atoms with Crippen LogP contribution >= 0.6 is 11.8 Å². The number of hydrogen-bond donors (Lipinski definition) is 3. The molecule has 1 unspecified atom stereocenters. The van der Waals surface area contributed by atoms with Crippen LogP contribution in [-0.2, 0) is 25.7 Å². The number of carboxylic acids is 2. The largest absolute Gasteiger partial charge is 0.543 e. The zero-order chi connectivity index (χ0) is 27.9. The number of thioether (sulfide) groups is 1. The third-order valence-corrected chi connectivity index (χ3v) is 7.49. The van der Waals surface area contributed by atoms with E-state index in [1.54, 1.807) is 47.3 Å². The first-order chi connectivity index (χ1) is 18.7. The van der Waals surface area contributed by atoms with E-state index in [0.29, 0.717) is 11.3 Å². The summed E-state index contributed by atoms with van der Waals surface area (Å²) in [5.74, 6) is -3.19. The second-order valence-corrected chi connectivity index (χ2v) is 9.98. The lowest BCUT2D eigenvalue weighted by Crippen LogP contribution is -2.71. The molecule has 1 aromatic carbocycles. The number of hydrogen-bond acceptors (Lipinski definition) is 8. The van der Waals surface area contributed by atoms with Gasteiger partial charge in [0.15, 0.2) is 18.9 Å². The van der Waals surface area contributed by atoms with Crippen LogP contribution in [0.3, 0.4) is 0 Å². The second kappa shape index (κ2) is 12.4. The number of ether oxygens (including phenoxy) is 1. The van der Waals surface area contributed by atoms with E-state index in [1.807, 2.05) is 18.2 Å². The Bertz CT molecular complexity index is 1290. The van der Waals surface area contributed by atoms with Crippen LogP contribution in [0, 0.1) is 0 Å². The molecule has 2 aliphatic rings. The number of nitrogens with zero attached hydrogens (tertiary/aromatic N) is 2. The van der Waals surface area contributed by atoms with Crippen LogP contribution in [-0.4, -0.2) is 63.1 Å². The van der Waals surface area contributed by atoms with Gasteiger partial charge in [-0.25, -0.2) is 14.2 Å². The van der Waals surface area contributed by atoms with Gasteiger partial charge in [-0.3, -0.25) is 14.5 Å². The SMILES string of the molecule is O=C(CCCC(NC(=O)Oc1ccccc1)C(=O)O)N[C@@H]1C(=O)N2C(C(=O)[O-])=C(C[n+]3ccccc3)CS[C@@H]12. The Morgan fingerprint density at radius 2 is 1.82 bits per heavy atom. The smallest absolute Gasteiger partial charge is 0.413 e. The molecule has 1 aromatic heterocycles. The predicted octanol–water partition coefficient (Wildman–Crippen LogP) is -0.210. The van der Waals surface area contributed by atoms with Gasteiger partial charge in [0.1, 0.15) is 23.2 Å². The van der Waals surface area contributed by atoms with Crippen LogP contribution < -0.4 is 25.0 Å². The van der Waals surface area contributed by atoms with E-state index in [1.165, 1.54) is 11.8 Å². The molecule has 0 bridgehead atoms. The van der Waals surface area contributed by atoms with Gasteiger partial charge >= 0.3 is 12.1 Å². The molecular formula is C26H26N4O8S. The number of nitrogens with one attached hydrogen (secondary N) is 2. The average molecular weight is 555 g/mol. The Kier molecular flexibility index (Phi) is 8.81. The molecule has 3 atom stereocenters. The Morgan fingerprint density at radius 1 is 1.13 bits per heavy atom. The van der Waals surface area contributed by atoms with Crippen molar-refractivity contribution in [1.29, 1.82) is 0 Å². The Morgan fingerprint density at radius 3 is 2.49 bits per heavy atom. The molecule has 2 aromatic rings. The molecule has 1 saturated heterocycles. The number of β-lactam (4-membered cyclic amide) rings is 1. The highest BCUT2D eigenvalue weighted by Crippen LogP contribution is 2.40. The van der Waals surface area contributed by atoms with Crippen LogP contribution in [0.1, 0.15) is 19.3 Å². The van der Waals surface area contributed by atoms with Crippen LogP contribution in [0.4, 0.5) is 4.79 Å². The van der Waals surface area contributed by atoms with Crippen LogP contribution in [0.25, 0.3) is 0 Å². The van der Waals surface area contributed by atoms with Crippen molar-refractivity contribution in [2.45, 2.75) is 43.3 Å². The fourth-order valence-electron chi connectivity index (χ4n) is 4.29. The number of aromatic nitrogens is 1. The molecule has 0 saturated carbocycles. The molecule has 3 heterocycles. The summed E-state index contributed by atoms with van der Waals surface area (Å²) in [5, 5.41) is 25.6. The van der Waals surface area contributed by atoms with Gasteiger partial charge < -0.3 is 30.4 Å². The fourth-order valence-corrected chi connectivity index (χ4v) is 5.63. The van der Waals surface area contributed by atoms with Gasteiger partial charge in [0.05, 0.1) is 11.7 Å². The minimum atomic E-state index is -1.46. The molecule has 1 fully saturated rings. The number of pyridine rings is 1. The highest BCUT2D eigenvalue weighted by atomic mass is 32.2. The standard InChI is InChI=1S/C26H26N4O8S/c31-19(11-7-10-18(24(33)34)27-26(37)38-17-8-3-1-4-9-17)28-20-22(32)30-21(25(35)36)16(15-39-23(20)30)14-29-12-5-2-6-13-29/h1-6,8-9,12-13,18,20,23H,7,10-11,14-15H2,(H3-,27,28,31,33,34,35,36,37)/t18?,20-,23+/m1/s1. The van der Waals surface area contributed by atoms with E-state index < -0.39 is 47.3 Å². The number of carbonyl (C=O) groups is 5. The number of aliphatic carboxylic acids is 2. The summed E-state index contributed by atoms with van der Waals surface area (Å²) in [6.45, 7) is 0.280. The van der Waals surface area contributed by atoms with Gasteiger partial charge in [-0.2, -0.15) is 0 Å². The highest BCUT2D eigenvalue weighted by molar-refractivity contribution is 8.00. The number of fused-ring (bicyclic) bond motifs is 1. The zero-order valence-electron chi connectivity index (χ0n) is 20.6. The third kappa shape index (κ3) is 6.74. The average Bonchev–Trinajstić information content (AvgIpc) is 2.91. The maximum atomic E-state index is 12.8. The first-order valence-corrected chi connectivity index (χ1v) is 13.2. The predicted molar refractivity (Wildman–Crippen MR) is 135 cm³/mol. The minimum Gasteiger partial charge on any atom is -0.543 e. The van der Waals surface area contributed by atoms with Crippen LogP contribution in [0.2, 0.25) is 0 Å². The quantitative estimate of drug-likeness (QED) is 0.251. The topological polar surface area (TPSA) is 169 Å². The first-order valence-electron chi connectivity index (χ1n) is 12.1. The molecule has 2 aliphatic heterocycles. The van der Waals surface area contributed by atoms with E-state index in [2.05, 4.69) is 10.6 Å². The lowest BCUT2D eigenvalue weighted by Gasteiger charge is -2.50. The van der Waals surface area contributed by atoms with Crippen molar-refractivity contribution >= 4 is 41.6 Å². The number of carbonyl (C=O) groups excluding carboxylic acids is 4. The maximum absolute atomic E-state index is 12.8.